The molecule has 1 aliphatic carbocycles. The summed E-state index contributed by atoms with van der Waals surface area (Å²) in [5, 5.41) is 0. The van der Waals surface area contributed by atoms with Crippen LogP contribution in [0.2, 0.25) is 0 Å². The fourth-order valence-electron chi connectivity index (χ4n) is 4.40. The van der Waals surface area contributed by atoms with Crippen LogP contribution in [0.5, 0.6) is 0 Å². The number of hydrogen-bond donors (Lipinski definition) is 0. The summed E-state index contributed by atoms with van der Waals surface area (Å²) < 4.78 is 13.6. The number of halogens is 1. The maximum Gasteiger partial charge on any atom is 0.233 e. The van der Waals surface area contributed by atoms with Crippen LogP contribution in [0.1, 0.15) is 44.1 Å². The van der Waals surface area contributed by atoms with Crippen LogP contribution in [-0.4, -0.2) is 47.8 Å². The molecule has 3 aliphatic rings. The van der Waals surface area contributed by atoms with Crippen LogP contribution in [0, 0.1) is 11.7 Å². The smallest absolute Gasteiger partial charge is 0.233 e. The third-order valence-corrected chi connectivity index (χ3v) is 6.01. The first-order chi connectivity index (χ1) is 12.1. The molecule has 4 nitrogen and oxygen atoms in total. The normalized spacial score (nSPS) is 25.1. The van der Waals surface area contributed by atoms with Gasteiger partial charge in [-0.25, -0.2) is 4.39 Å². The molecule has 1 saturated carbocycles. The number of amides is 2. The number of rotatable bonds is 3. The van der Waals surface area contributed by atoms with Crippen molar-refractivity contribution in [1.29, 1.82) is 0 Å². The number of likely N-dealkylation sites (tertiary alicyclic amines) is 2. The van der Waals surface area contributed by atoms with E-state index in [1.807, 2.05) is 15.9 Å². The molecular weight excluding hydrogens is 319 g/mol. The summed E-state index contributed by atoms with van der Waals surface area (Å²) in [5.74, 6) is -0.0703. The van der Waals surface area contributed by atoms with Crippen LogP contribution < -0.4 is 0 Å². The van der Waals surface area contributed by atoms with Crippen LogP contribution in [0.4, 0.5) is 4.39 Å². The Morgan fingerprint density at radius 3 is 2.44 bits per heavy atom. The van der Waals surface area contributed by atoms with Crippen LogP contribution in [0.15, 0.2) is 24.3 Å². The van der Waals surface area contributed by atoms with E-state index in [2.05, 4.69) is 0 Å². The van der Waals surface area contributed by atoms with E-state index < -0.39 is 5.41 Å². The monoisotopic (exact) mass is 344 g/mol. The van der Waals surface area contributed by atoms with Crippen LogP contribution in [0.25, 0.3) is 0 Å². The molecule has 0 aromatic heterocycles. The van der Waals surface area contributed by atoms with Gasteiger partial charge in [0.15, 0.2) is 0 Å². The second-order valence-corrected chi connectivity index (χ2v) is 7.72. The lowest BCUT2D eigenvalue weighted by Gasteiger charge is -2.36. The average molecular weight is 344 g/mol. The molecule has 0 radical (unpaired) electrons. The van der Waals surface area contributed by atoms with Crippen molar-refractivity contribution in [3.05, 3.63) is 35.6 Å². The quantitative estimate of drug-likeness (QED) is 0.846. The van der Waals surface area contributed by atoms with Gasteiger partial charge in [-0.05, 0) is 56.2 Å². The summed E-state index contributed by atoms with van der Waals surface area (Å²) in [6, 6.07) is 6.43. The highest BCUT2D eigenvalue weighted by atomic mass is 19.1. The molecule has 2 heterocycles. The molecule has 0 unspecified atom stereocenters. The lowest BCUT2D eigenvalue weighted by molar-refractivity contribution is -0.141. The minimum absolute atomic E-state index is 0.0703. The van der Waals surface area contributed by atoms with Gasteiger partial charge in [0.05, 0.1) is 11.3 Å². The Bertz CT molecular complexity index is 680. The highest BCUT2D eigenvalue weighted by molar-refractivity contribution is 5.92. The summed E-state index contributed by atoms with van der Waals surface area (Å²) in [4.78, 5) is 29.7. The van der Waals surface area contributed by atoms with E-state index in [-0.39, 0.29) is 23.5 Å². The third kappa shape index (κ3) is 3.05. The zero-order valence-electron chi connectivity index (χ0n) is 14.5. The molecule has 1 atom stereocenters. The van der Waals surface area contributed by atoms with E-state index >= 15 is 0 Å². The highest BCUT2D eigenvalue weighted by Crippen LogP contribution is 2.50. The van der Waals surface area contributed by atoms with E-state index in [1.54, 1.807) is 6.07 Å². The maximum absolute atomic E-state index is 13.6. The van der Waals surface area contributed by atoms with Crippen molar-refractivity contribution < 1.29 is 14.0 Å². The van der Waals surface area contributed by atoms with E-state index in [4.69, 9.17) is 0 Å². The first-order valence-corrected chi connectivity index (χ1v) is 9.44. The first-order valence-electron chi connectivity index (χ1n) is 9.44. The topological polar surface area (TPSA) is 40.6 Å². The van der Waals surface area contributed by atoms with E-state index in [0.29, 0.717) is 13.1 Å². The maximum atomic E-state index is 13.6. The molecule has 5 heteroatoms. The number of hydrogen-bond acceptors (Lipinski definition) is 2. The largest absolute Gasteiger partial charge is 0.342 e. The molecule has 4 rings (SSSR count). The predicted molar refractivity (Wildman–Crippen MR) is 92.4 cm³/mol. The second-order valence-electron chi connectivity index (χ2n) is 7.72. The van der Waals surface area contributed by atoms with Gasteiger partial charge in [-0.2, -0.15) is 0 Å². The summed E-state index contributed by atoms with van der Waals surface area (Å²) in [6.07, 6.45) is 5.46. The summed E-state index contributed by atoms with van der Waals surface area (Å²) in [5.41, 5.74) is 0.228. The molecule has 1 aromatic carbocycles. The van der Waals surface area contributed by atoms with Crippen LogP contribution in [0.3, 0.4) is 0 Å². The third-order valence-electron chi connectivity index (χ3n) is 6.01. The van der Waals surface area contributed by atoms with E-state index in [9.17, 15) is 14.0 Å². The molecule has 134 valence electrons. The van der Waals surface area contributed by atoms with Gasteiger partial charge in [-0.1, -0.05) is 12.1 Å². The zero-order valence-corrected chi connectivity index (χ0v) is 14.5. The highest BCUT2D eigenvalue weighted by Gasteiger charge is 2.53. The van der Waals surface area contributed by atoms with Gasteiger partial charge < -0.3 is 9.80 Å². The van der Waals surface area contributed by atoms with Gasteiger partial charge in [-0.15, -0.1) is 0 Å². The Hall–Kier alpha value is -1.91. The molecule has 0 N–H and O–H groups in total. The van der Waals surface area contributed by atoms with Gasteiger partial charge in [0.2, 0.25) is 11.8 Å². The van der Waals surface area contributed by atoms with Gasteiger partial charge in [-0.3, -0.25) is 9.59 Å². The standard InChI is InChI=1S/C20H25FN2O2/c21-17-7-3-6-16(13-17)20(8-9-20)19(25)23-12-4-5-15(14-23)18(24)22-10-1-2-11-22/h3,6-7,13,15H,1-2,4-5,8-12,14H2/t15-/m1/s1. The molecule has 0 spiro atoms. The minimum Gasteiger partial charge on any atom is -0.342 e. The number of nitrogens with zero attached hydrogens (tertiary/aromatic N) is 2. The van der Waals surface area contributed by atoms with Crippen molar-refractivity contribution in [3.63, 3.8) is 0 Å². The molecule has 1 aromatic rings. The number of carbonyl (C=O) groups is 2. The van der Waals surface area contributed by atoms with Gasteiger partial charge in [0.25, 0.3) is 0 Å². The molecule has 2 aliphatic heterocycles. The van der Waals surface area contributed by atoms with Gasteiger partial charge >= 0.3 is 0 Å². The fraction of sp³-hybridized carbons (Fsp3) is 0.600. The van der Waals surface area contributed by atoms with Crippen LogP contribution in [-0.2, 0) is 15.0 Å². The van der Waals surface area contributed by atoms with Crippen molar-refractivity contribution >= 4 is 11.8 Å². The van der Waals surface area contributed by atoms with Crippen LogP contribution >= 0.6 is 0 Å². The van der Waals surface area contributed by atoms with Crippen molar-refractivity contribution in [1.82, 2.24) is 9.80 Å². The fourth-order valence-corrected chi connectivity index (χ4v) is 4.40. The first kappa shape index (κ1) is 16.6. The minimum atomic E-state index is -0.555. The summed E-state index contributed by atoms with van der Waals surface area (Å²) >= 11 is 0. The van der Waals surface area contributed by atoms with E-state index in [0.717, 1.165) is 57.2 Å². The Kier molecular flexibility index (Phi) is 4.26. The van der Waals surface area contributed by atoms with Gasteiger partial charge in [0, 0.05) is 26.2 Å². The second kappa shape index (κ2) is 6.43. The molecule has 25 heavy (non-hydrogen) atoms. The average Bonchev–Trinajstić information content (AvgIpc) is 3.27. The lowest BCUT2D eigenvalue weighted by Crippen LogP contribution is -2.49. The number of carbonyl (C=O) groups excluding carboxylic acids is 2. The molecule has 3 fully saturated rings. The van der Waals surface area contributed by atoms with Crippen molar-refractivity contribution in [2.24, 2.45) is 5.92 Å². The molecular formula is C20H25FN2O2. The molecule has 2 saturated heterocycles. The zero-order chi connectivity index (χ0) is 17.4. The Labute approximate surface area is 148 Å². The Morgan fingerprint density at radius 1 is 1.04 bits per heavy atom. The van der Waals surface area contributed by atoms with Gasteiger partial charge in [0.1, 0.15) is 5.82 Å². The van der Waals surface area contributed by atoms with E-state index in [1.165, 1.54) is 12.1 Å². The number of benzene rings is 1. The lowest BCUT2D eigenvalue weighted by atomic mass is 9.91. The Morgan fingerprint density at radius 2 is 1.76 bits per heavy atom. The molecule has 0 bridgehead atoms. The molecule has 2 amide bonds. The van der Waals surface area contributed by atoms with Crippen molar-refractivity contribution in [2.75, 3.05) is 26.2 Å². The summed E-state index contributed by atoms with van der Waals surface area (Å²) in [6.45, 7) is 2.94. The SMILES string of the molecule is O=C([C@@H]1CCCN(C(=O)C2(c3cccc(F)c3)CC2)C1)N1CCCC1. The summed E-state index contributed by atoms with van der Waals surface area (Å²) in [7, 11) is 0. The predicted octanol–water partition coefficient (Wildman–Crippen LogP) is 2.72. The van der Waals surface area contributed by atoms with Crippen molar-refractivity contribution in [3.8, 4) is 0 Å². The van der Waals surface area contributed by atoms with Crippen molar-refractivity contribution in [2.45, 2.75) is 43.9 Å². The Balaban J connectivity index is 1.47. The number of piperidine rings is 1.